The van der Waals surface area contributed by atoms with E-state index in [9.17, 15) is 29.4 Å². The number of carboxylic acids is 1. The van der Waals surface area contributed by atoms with Crippen molar-refractivity contribution in [3.63, 3.8) is 0 Å². The number of hydrogen-bond acceptors (Lipinski definition) is 7. The first kappa shape index (κ1) is 23.4. The van der Waals surface area contributed by atoms with Gasteiger partial charge in [0.15, 0.2) is 0 Å². The predicted octanol–water partition coefficient (Wildman–Crippen LogP) is 0.164. The number of carbonyl (C=O) groups is 4. The Hall–Kier alpha value is -3.31. The molecule has 1 unspecified atom stereocenters. The van der Waals surface area contributed by atoms with E-state index < -0.39 is 40.5 Å². The Bertz CT molecular complexity index is 1020. The summed E-state index contributed by atoms with van der Waals surface area (Å²) in [5, 5.41) is 20.1. The van der Waals surface area contributed by atoms with Crippen molar-refractivity contribution < 1.29 is 29.4 Å². The summed E-state index contributed by atoms with van der Waals surface area (Å²) >= 11 is 1.10. The topological polar surface area (TPSA) is 153 Å². The highest BCUT2D eigenvalue weighted by atomic mass is 32.2. The minimum absolute atomic E-state index is 0.0197. The van der Waals surface area contributed by atoms with Crippen LogP contribution in [0.2, 0.25) is 0 Å². The minimum Gasteiger partial charge on any atom is -0.508 e. The normalized spacial score (nSPS) is 23.4. The van der Waals surface area contributed by atoms with Gasteiger partial charge < -0.3 is 26.2 Å². The molecule has 1 aromatic carbocycles. The molecule has 0 aliphatic carbocycles. The summed E-state index contributed by atoms with van der Waals surface area (Å²) in [6, 6.07) is 3.63. The second-order valence-corrected chi connectivity index (χ2v) is 8.74. The number of rotatable bonds is 6. The fraction of sp³-hybridized carbons (Fsp3) is 0.333. The number of fused-ring (bicyclic) bond motifs is 1. The molecule has 1 aromatic rings. The number of phenolic OH excluding ortho intramolecular Hbond substituents is 1. The van der Waals surface area contributed by atoms with Crippen molar-refractivity contribution in [2.45, 2.75) is 29.6 Å². The lowest BCUT2D eigenvalue weighted by Gasteiger charge is -2.51. The number of carbonyl (C=O) groups excluding carboxylic acids is 3. The van der Waals surface area contributed by atoms with Gasteiger partial charge >= 0.3 is 5.97 Å². The molecule has 0 saturated carbocycles. The van der Waals surface area contributed by atoms with Crippen LogP contribution in [0.3, 0.4) is 0 Å². The fourth-order valence-electron chi connectivity index (χ4n) is 3.52. The summed E-state index contributed by atoms with van der Waals surface area (Å²) in [6.07, 6.45) is 3.12. The van der Waals surface area contributed by atoms with Crippen molar-refractivity contribution >= 4 is 35.5 Å². The van der Waals surface area contributed by atoms with E-state index in [4.69, 9.17) is 5.73 Å². The van der Waals surface area contributed by atoms with E-state index in [0.717, 1.165) is 16.7 Å². The monoisotopic (exact) mass is 460 g/mol. The zero-order valence-corrected chi connectivity index (χ0v) is 18.5. The lowest BCUT2D eigenvalue weighted by Crippen LogP contribution is -2.72. The molecule has 0 bridgehead atoms. The number of nitrogens with zero attached hydrogens (tertiary/aromatic N) is 2. The Morgan fingerprint density at radius 2 is 1.88 bits per heavy atom. The number of benzene rings is 1. The maximum absolute atomic E-state index is 12.8. The van der Waals surface area contributed by atoms with Crippen LogP contribution in [0, 0.1) is 0 Å². The van der Waals surface area contributed by atoms with Gasteiger partial charge in [0.05, 0.1) is 0 Å². The minimum atomic E-state index is -1.33. The van der Waals surface area contributed by atoms with Gasteiger partial charge in [0.25, 0.3) is 5.91 Å². The Morgan fingerprint density at radius 1 is 1.25 bits per heavy atom. The van der Waals surface area contributed by atoms with Crippen LogP contribution in [0.15, 0.2) is 47.7 Å². The molecule has 32 heavy (non-hydrogen) atoms. The first-order valence-electron chi connectivity index (χ1n) is 9.73. The summed E-state index contributed by atoms with van der Waals surface area (Å²) in [4.78, 5) is 52.7. The van der Waals surface area contributed by atoms with Crippen molar-refractivity contribution in [2.75, 3.05) is 14.1 Å². The lowest BCUT2D eigenvalue weighted by atomic mass is 9.98. The molecule has 5 N–H and O–H groups in total. The molecule has 2 aliphatic heterocycles. The van der Waals surface area contributed by atoms with Gasteiger partial charge in [-0.2, -0.15) is 0 Å². The number of hydrogen-bond donors (Lipinski definition) is 4. The molecule has 170 valence electrons. The number of phenols is 1. The summed E-state index contributed by atoms with van der Waals surface area (Å²) in [7, 11) is 3.12. The molecule has 0 aromatic heterocycles. The number of aromatic hydroxyl groups is 1. The van der Waals surface area contributed by atoms with E-state index in [1.54, 1.807) is 27.1 Å². The smallest absolute Gasteiger partial charge is 0.352 e. The second kappa shape index (κ2) is 9.05. The van der Waals surface area contributed by atoms with Crippen molar-refractivity contribution in [2.24, 2.45) is 5.73 Å². The Kier molecular flexibility index (Phi) is 6.60. The first-order valence-corrected chi connectivity index (χ1v) is 10.7. The summed E-state index contributed by atoms with van der Waals surface area (Å²) in [6.45, 7) is 1.69. The van der Waals surface area contributed by atoms with E-state index >= 15 is 0 Å². The molecule has 1 fully saturated rings. The van der Waals surface area contributed by atoms with Crippen LogP contribution in [0.1, 0.15) is 18.5 Å². The number of β-lactam (4-membered cyclic amide) rings is 1. The average Bonchev–Trinajstić information content (AvgIpc) is 2.76. The second-order valence-electron chi connectivity index (χ2n) is 7.51. The molecule has 1 saturated heterocycles. The third kappa shape index (κ3) is 4.08. The quantitative estimate of drug-likeness (QED) is 0.438. The molecular weight excluding hydrogens is 436 g/mol. The molecule has 0 spiro atoms. The molecule has 3 rings (SSSR count). The molecular formula is C21H24N4O6S. The standard InChI is InChI=1S/C21H24N4O6S/c1-4-5-12-15(21(30)31)25-18(28)14(20(25)32-16(12)19(29)24(2)3)23-17(27)13(22)10-6-8-11(26)9-7-10/h4-9,13-14,16,20,26H,22H2,1-3H3,(H,23,27)(H,30,31)/b5-4+/t13-,14-,16?,20-/m1/s1. The summed E-state index contributed by atoms with van der Waals surface area (Å²) in [5.74, 6) is -2.87. The van der Waals surface area contributed by atoms with E-state index in [1.165, 1.54) is 35.2 Å². The van der Waals surface area contributed by atoms with Crippen molar-refractivity contribution in [3.05, 3.63) is 53.3 Å². The van der Waals surface area contributed by atoms with E-state index in [0.29, 0.717) is 5.56 Å². The molecule has 2 heterocycles. The van der Waals surface area contributed by atoms with E-state index in [-0.39, 0.29) is 22.9 Å². The predicted molar refractivity (Wildman–Crippen MR) is 117 cm³/mol. The molecule has 10 nitrogen and oxygen atoms in total. The fourth-order valence-corrected chi connectivity index (χ4v) is 5.14. The van der Waals surface area contributed by atoms with Crippen LogP contribution >= 0.6 is 11.8 Å². The molecule has 4 atom stereocenters. The van der Waals surface area contributed by atoms with E-state index in [2.05, 4.69) is 5.32 Å². The molecule has 11 heteroatoms. The van der Waals surface area contributed by atoms with Crippen LogP contribution in [0.4, 0.5) is 0 Å². The van der Waals surface area contributed by atoms with Crippen LogP contribution < -0.4 is 11.1 Å². The van der Waals surface area contributed by atoms with Gasteiger partial charge in [-0.15, -0.1) is 11.8 Å². The summed E-state index contributed by atoms with van der Waals surface area (Å²) < 4.78 is 0. The summed E-state index contributed by atoms with van der Waals surface area (Å²) in [5.41, 5.74) is 6.36. The molecule has 2 aliphatic rings. The van der Waals surface area contributed by atoms with Gasteiger partial charge in [-0.25, -0.2) is 4.79 Å². The number of thioether (sulfide) groups is 1. The number of carboxylic acid groups (broad SMARTS) is 1. The third-order valence-electron chi connectivity index (χ3n) is 5.16. The largest absolute Gasteiger partial charge is 0.508 e. The van der Waals surface area contributed by atoms with Gasteiger partial charge in [0.2, 0.25) is 11.8 Å². The number of amides is 3. The zero-order chi connectivity index (χ0) is 23.7. The third-order valence-corrected chi connectivity index (χ3v) is 6.65. The van der Waals surface area contributed by atoms with Gasteiger partial charge in [-0.1, -0.05) is 24.3 Å². The van der Waals surface area contributed by atoms with Crippen LogP contribution in [0.5, 0.6) is 5.75 Å². The zero-order valence-electron chi connectivity index (χ0n) is 17.7. The highest BCUT2D eigenvalue weighted by molar-refractivity contribution is 8.01. The van der Waals surface area contributed by atoms with Gasteiger partial charge in [-0.3, -0.25) is 19.3 Å². The van der Waals surface area contributed by atoms with Gasteiger partial charge in [0, 0.05) is 19.7 Å². The highest BCUT2D eigenvalue weighted by Gasteiger charge is 2.57. The first-order chi connectivity index (χ1) is 15.1. The van der Waals surface area contributed by atoms with Crippen LogP contribution in [0.25, 0.3) is 0 Å². The van der Waals surface area contributed by atoms with Crippen LogP contribution in [-0.2, 0) is 19.2 Å². The maximum Gasteiger partial charge on any atom is 0.352 e. The van der Waals surface area contributed by atoms with Crippen LogP contribution in [-0.4, -0.2) is 74.5 Å². The maximum atomic E-state index is 12.8. The van der Waals surface area contributed by atoms with Crippen molar-refractivity contribution in [1.82, 2.24) is 15.1 Å². The van der Waals surface area contributed by atoms with Gasteiger partial charge in [-0.05, 0) is 24.6 Å². The molecule has 0 radical (unpaired) electrons. The number of allylic oxidation sites excluding steroid dienone is 2. The number of aliphatic carboxylic acids is 1. The van der Waals surface area contributed by atoms with Gasteiger partial charge in [0.1, 0.15) is 34.2 Å². The Labute approximate surface area is 188 Å². The Morgan fingerprint density at radius 3 is 2.41 bits per heavy atom. The van der Waals surface area contributed by atoms with Crippen molar-refractivity contribution in [3.8, 4) is 5.75 Å². The number of nitrogens with two attached hydrogens (primary N) is 1. The average molecular weight is 461 g/mol. The Balaban J connectivity index is 1.88. The molecule has 3 amide bonds. The van der Waals surface area contributed by atoms with Crippen molar-refractivity contribution in [1.29, 1.82) is 0 Å². The lowest BCUT2D eigenvalue weighted by molar-refractivity contribution is -0.151. The van der Waals surface area contributed by atoms with E-state index in [1.807, 2.05) is 0 Å². The number of nitrogens with one attached hydrogen (secondary N) is 1. The highest BCUT2D eigenvalue weighted by Crippen LogP contribution is 2.45. The SMILES string of the molecule is C/C=C/C1=C(C(=O)O)N2C(=O)[C@@H](NC(=O)[C@H](N)c3ccc(O)cc3)[C@H]2SC1C(=O)N(C)C.